The number of ether oxygens (including phenoxy) is 1. The maximum atomic E-state index is 12.2. The van der Waals surface area contributed by atoms with E-state index < -0.39 is 0 Å². The number of fused-ring (bicyclic) bond motifs is 1. The molecule has 0 bridgehead atoms. The third-order valence-corrected chi connectivity index (χ3v) is 3.41. The number of carbonyl (C=O) groups is 1. The molecule has 0 atom stereocenters. The molecule has 0 aliphatic carbocycles. The Bertz CT molecular complexity index is 777. The third kappa shape index (κ3) is 2.94. The largest absolute Gasteiger partial charge is 0.497 e. The second-order valence-electron chi connectivity index (χ2n) is 4.93. The summed E-state index contributed by atoms with van der Waals surface area (Å²) in [5.74, 6) is 0.916. The number of Topliss-reactive ketones (excluding diaryl/α,β-unsaturated/α-hetero) is 1. The minimum Gasteiger partial charge on any atom is -0.497 e. The first-order valence-electron chi connectivity index (χ1n) is 6.81. The van der Waals surface area contributed by atoms with Crippen LogP contribution in [0.5, 0.6) is 5.75 Å². The minimum atomic E-state index is 0.145. The van der Waals surface area contributed by atoms with Gasteiger partial charge in [0.1, 0.15) is 5.75 Å². The van der Waals surface area contributed by atoms with Crippen LogP contribution in [0.3, 0.4) is 0 Å². The highest BCUT2D eigenvalue weighted by molar-refractivity contribution is 5.83. The Hall–Kier alpha value is -2.62. The number of carbonyl (C=O) groups excluding carboxylic acids is 1. The van der Waals surface area contributed by atoms with Crippen LogP contribution < -0.4 is 4.74 Å². The van der Waals surface area contributed by atoms with Crippen LogP contribution in [0.25, 0.3) is 11.0 Å². The Morgan fingerprint density at radius 1 is 1.19 bits per heavy atom. The lowest BCUT2D eigenvalue weighted by atomic mass is 10.1. The molecule has 4 heteroatoms. The number of aromatic nitrogens is 2. The quantitative estimate of drug-likeness (QED) is 0.722. The average Bonchev–Trinajstić information content (AvgIpc) is 2.91. The van der Waals surface area contributed by atoms with Crippen LogP contribution in [-0.4, -0.2) is 22.4 Å². The number of methoxy groups -OCH3 is 1. The van der Waals surface area contributed by atoms with Crippen LogP contribution in [0.15, 0.2) is 54.9 Å². The van der Waals surface area contributed by atoms with Gasteiger partial charge in [-0.05, 0) is 29.8 Å². The molecule has 0 radical (unpaired) electrons. The Kier molecular flexibility index (Phi) is 3.69. The summed E-state index contributed by atoms with van der Waals surface area (Å²) in [5, 5.41) is 0. The molecule has 1 aromatic heterocycles. The summed E-state index contributed by atoms with van der Waals surface area (Å²) in [6.45, 7) is 0.331. The van der Waals surface area contributed by atoms with E-state index in [0.29, 0.717) is 13.0 Å². The van der Waals surface area contributed by atoms with Gasteiger partial charge in [0.2, 0.25) is 0 Å². The molecule has 0 saturated heterocycles. The van der Waals surface area contributed by atoms with E-state index in [0.717, 1.165) is 22.3 Å². The van der Waals surface area contributed by atoms with Gasteiger partial charge in [0.25, 0.3) is 0 Å². The molecule has 0 fully saturated rings. The van der Waals surface area contributed by atoms with Gasteiger partial charge in [-0.25, -0.2) is 4.98 Å². The number of hydrogen-bond donors (Lipinski definition) is 0. The second-order valence-corrected chi connectivity index (χ2v) is 4.93. The van der Waals surface area contributed by atoms with Crippen LogP contribution in [0.1, 0.15) is 5.56 Å². The summed E-state index contributed by atoms with van der Waals surface area (Å²) in [6.07, 6.45) is 2.11. The van der Waals surface area contributed by atoms with E-state index in [2.05, 4.69) is 4.98 Å². The molecule has 0 spiro atoms. The second kappa shape index (κ2) is 5.79. The number of rotatable bonds is 5. The van der Waals surface area contributed by atoms with Gasteiger partial charge >= 0.3 is 0 Å². The predicted octanol–water partition coefficient (Wildman–Crippen LogP) is 2.86. The summed E-state index contributed by atoms with van der Waals surface area (Å²) in [7, 11) is 1.62. The maximum absolute atomic E-state index is 12.2. The smallest absolute Gasteiger partial charge is 0.156 e. The lowest BCUT2D eigenvalue weighted by molar-refractivity contribution is -0.118. The summed E-state index contributed by atoms with van der Waals surface area (Å²) in [5.41, 5.74) is 2.85. The Morgan fingerprint density at radius 2 is 2.05 bits per heavy atom. The molecule has 0 aliphatic rings. The molecule has 4 nitrogen and oxygen atoms in total. The molecule has 3 aromatic rings. The first kappa shape index (κ1) is 13.4. The molecule has 106 valence electrons. The lowest BCUT2D eigenvalue weighted by Gasteiger charge is -2.05. The summed E-state index contributed by atoms with van der Waals surface area (Å²) in [6, 6.07) is 15.4. The zero-order chi connectivity index (χ0) is 14.7. The van der Waals surface area contributed by atoms with Crippen molar-refractivity contribution < 1.29 is 9.53 Å². The predicted molar refractivity (Wildman–Crippen MR) is 81.4 cm³/mol. The lowest BCUT2D eigenvalue weighted by Crippen LogP contribution is -2.11. The number of benzene rings is 2. The first-order valence-corrected chi connectivity index (χ1v) is 6.81. The Labute approximate surface area is 123 Å². The molecule has 1 heterocycles. The number of para-hydroxylation sites is 2. The van der Waals surface area contributed by atoms with Crippen molar-refractivity contribution in [3.8, 4) is 5.75 Å². The number of imidazole rings is 1. The molecule has 0 amide bonds. The van der Waals surface area contributed by atoms with E-state index in [1.807, 2.05) is 53.1 Å². The number of hydrogen-bond acceptors (Lipinski definition) is 3. The molecule has 2 aromatic carbocycles. The van der Waals surface area contributed by atoms with E-state index in [1.165, 1.54) is 0 Å². The topological polar surface area (TPSA) is 44.1 Å². The number of ketones is 1. The van der Waals surface area contributed by atoms with E-state index in [4.69, 9.17) is 4.74 Å². The summed E-state index contributed by atoms with van der Waals surface area (Å²) < 4.78 is 7.06. The molecule has 0 aliphatic heterocycles. The van der Waals surface area contributed by atoms with Gasteiger partial charge in [0, 0.05) is 6.42 Å². The van der Waals surface area contributed by atoms with Crippen LogP contribution in [0, 0.1) is 0 Å². The fraction of sp³-hybridized carbons (Fsp3) is 0.176. The van der Waals surface area contributed by atoms with Crippen molar-refractivity contribution in [3.63, 3.8) is 0 Å². The van der Waals surface area contributed by atoms with Crippen molar-refractivity contribution in [2.45, 2.75) is 13.0 Å². The van der Waals surface area contributed by atoms with Crippen molar-refractivity contribution in [2.75, 3.05) is 7.11 Å². The molecular formula is C17H16N2O2. The summed E-state index contributed by atoms with van der Waals surface area (Å²) >= 11 is 0. The Balaban J connectivity index is 1.74. The molecule has 21 heavy (non-hydrogen) atoms. The first-order chi connectivity index (χ1) is 10.3. The average molecular weight is 280 g/mol. The van der Waals surface area contributed by atoms with Gasteiger partial charge in [0.05, 0.1) is 31.0 Å². The van der Waals surface area contributed by atoms with Crippen molar-refractivity contribution in [1.29, 1.82) is 0 Å². The van der Waals surface area contributed by atoms with Gasteiger partial charge < -0.3 is 9.30 Å². The molecule has 0 N–H and O–H groups in total. The highest BCUT2D eigenvalue weighted by atomic mass is 16.5. The van der Waals surface area contributed by atoms with Gasteiger partial charge in [-0.2, -0.15) is 0 Å². The fourth-order valence-corrected chi connectivity index (χ4v) is 2.39. The van der Waals surface area contributed by atoms with Crippen molar-refractivity contribution in [1.82, 2.24) is 9.55 Å². The standard InChI is InChI=1S/C17H16N2O2/c1-21-15-6-4-5-13(10-15)9-14(20)11-19-12-18-16-7-2-3-8-17(16)19/h2-8,10,12H,9,11H2,1H3. The van der Waals surface area contributed by atoms with E-state index in [-0.39, 0.29) is 5.78 Å². The monoisotopic (exact) mass is 280 g/mol. The van der Waals surface area contributed by atoms with Crippen LogP contribution in [0.4, 0.5) is 0 Å². The molecule has 0 saturated carbocycles. The maximum Gasteiger partial charge on any atom is 0.156 e. The Morgan fingerprint density at radius 3 is 2.90 bits per heavy atom. The van der Waals surface area contributed by atoms with Crippen molar-refractivity contribution >= 4 is 16.8 Å². The van der Waals surface area contributed by atoms with Crippen LogP contribution in [0.2, 0.25) is 0 Å². The zero-order valence-corrected chi connectivity index (χ0v) is 11.8. The van der Waals surface area contributed by atoms with E-state index in [9.17, 15) is 4.79 Å². The van der Waals surface area contributed by atoms with Gasteiger partial charge in [-0.15, -0.1) is 0 Å². The van der Waals surface area contributed by atoms with Crippen LogP contribution >= 0.6 is 0 Å². The number of nitrogens with zero attached hydrogens (tertiary/aromatic N) is 2. The van der Waals surface area contributed by atoms with Gasteiger partial charge in [0.15, 0.2) is 5.78 Å². The fourth-order valence-electron chi connectivity index (χ4n) is 2.39. The highest BCUT2D eigenvalue weighted by Gasteiger charge is 2.08. The highest BCUT2D eigenvalue weighted by Crippen LogP contribution is 2.15. The zero-order valence-electron chi connectivity index (χ0n) is 11.8. The normalized spacial score (nSPS) is 10.7. The van der Waals surface area contributed by atoms with Crippen LogP contribution in [-0.2, 0) is 17.8 Å². The summed E-state index contributed by atoms with van der Waals surface area (Å²) in [4.78, 5) is 16.5. The molecule has 0 unspecified atom stereocenters. The third-order valence-electron chi connectivity index (χ3n) is 3.41. The van der Waals surface area contributed by atoms with Crippen molar-refractivity contribution in [2.24, 2.45) is 0 Å². The molecular weight excluding hydrogens is 264 g/mol. The molecule has 3 rings (SSSR count). The van der Waals surface area contributed by atoms with Crippen molar-refractivity contribution in [3.05, 3.63) is 60.4 Å². The SMILES string of the molecule is COc1cccc(CC(=O)Cn2cnc3ccccc32)c1. The van der Waals surface area contributed by atoms with Gasteiger partial charge in [-0.1, -0.05) is 24.3 Å². The van der Waals surface area contributed by atoms with Gasteiger partial charge in [-0.3, -0.25) is 4.79 Å². The minimum absolute atomic E-state index is 0.145. The van der Waals surface area contributed by atoms with E-state index in [1.54, 1.807) is 13.4 Å². The van der Waals surface area contributed by atoms with E-state index >= 15 is 0 Å².